The van der Waals surface area contributed by atoms with E-state index in [9.17, 15) is 5.26 Å². The Labute approximate surface area is 183 Å². The number of nitrogens with two attached hydrogens (primary N) is 1. The van der Waals surface area contributed by atoms with Crippen LogP contribution in [0.4, 0.5) is 5.69 Å². The number of nitrogens with zero attached hydrogens (tertiary/aromatic N) is 3. The van der Waals surface area contributed by atoms with Gasteiger partial charge in [-0.1, -0.05) is 19.9 Å². The SMILES string of the molecule is Cc1ccc(N[C@H]2CCCc3cc(C#N)cnc32)cc1[C@@]1(C(C)C)N=C(N)O[C@@H]2C[C@@H]21. The fourth-order valence-corrected chi connectivity index (χ4v) is 5.55. The smallest absolute Gasteiger partial charge is 0.283 e. The van der Waals surface area contributed by atoms with Gasteiger partial charge in [-0.3, -0.25) is 4.98 Å². The molecule has 0 saturated heterocycles. The molecule has 6 nitrogen and oxygen atoms in total. The molecule has 3 N–H and O–H groups in total. The Kier molecular flexibility index (Phi) is 4.65. The van der Waals surface area contributed by atoms with Gasteiger partial charge in [-0.2, -0.15) is 5.26 Å². The Morgan fingerprint density at radius 2 is 2.16 bits per heavy atom. The number of aliphatic imine (C=N–C) groups is 1. The van der Waals surface area contributed by atoms with Crippen molar-refractivity contribution in [3.63, 3.8) is 0 Å². The number of anilines is 1. The minimum atomic E-state index is -0.348. The molecule has 31 heavy (non-hydrogen) atoms. The lowest BCUT2D eigenvalue weighted by atomic mass is 9.74. The highest BCUT2D eigenvalue weighted by molar-refractivity contribution is 5.74. The van der Waals surface area contributed by atoms with E-state index in [1.54, 1.807) is 6.20 Å². The Hall–Kier alpha value is -3.07. The van der Waals surface area contributed by atoms with Gasteiger partial charge in [0.15, 0.2) is 0 Å². The number of aryl methyl sites for hydroxylation is 2. The molecule has 2 aromatic rings. The van der Waals surface area contributed by atoms with Crippen LogP contribution < -0.4 is 11.1 Å². The van der Waals surface area contributed by atoms with Crippen molar-refractivity contribution in [3.05, 3.63) is 58.4 Å². The van der Waals surface area contributed by atoms with E-state index in [2.05, 4.69) is 55.3 Å². The van der Waals surface area contributed by atoms with Gasteiger partial charge < -0.3 is 15.8 Å². The Morgan fingerprint density at radius 1 is 1.32 bits per heavy atom. The molecule has 0 spiro atoms. The summed E-state index contributed by atoms with van der Waals surface area (Å²) >= 11 is 0. The topological polar surface area (TPSA) is 96.3 Å². The largest absolute Gasteiger partial charge is 0.462 e. The third kappa shape index (κ3) is 3.23. The van der Waals surface area contributed by atoms with Gasteiger partial charge in [0.1, 0.15) is 17.7 Å². The van der Waals surface area contributed by atoms with Crippen LogP contribution in [0.2, 0.25) is 0 Å². The first kappa shape index (κ1) is 19.9. The fourth-order valence-electron chi connectivity index (χ4n) is 5.55. The number of rotatable bonds is 4. The van der Waals surface area contributed by atoms with Gasteiger partial charge in [0.25, 0.3) is 6.02 Å². The van der Waals surface area contributed by atoms with Crippen LogP contribution in [0.25, 0.3) is 0 Å². The predicted octanol–water partition coefficient (Wildman–Crippen LogP) is 4.34. The zero-order valence-corrected chi connectivity index (χ0v) is 18.4. The van der Waals surface area contributed by atoms with E-state index in [0.29, 0.717) is 23.4 Å². The molecule has 1 aromatic carbocycles. The maximum Gasteiger partial charge on any atom is 0.283 e. The summed E-state index contributed by atoms with van der Waals surface area (Å²) in [5, 5.41) is 12.9. The second kappa shape index (κ2) is 7.26. The second-order valence-electron chi connectivity index (χ2n) is 9.43. The van der Waals surface area contributed by atoms with Gasteiger partial charge in [0.2, 0.25) is 0 Å². The Balaban J connectivity index is 1.51. The summed E-state index contributed by atoms with van der Waals surface area (Å²) in [5.41, 5.74) is 12.1. The monoisotopic (exact) mass is 415 g/mol. The molecule has 0 radical (unpaired) electrons. The highest BCUT2D eigenvalue weighted by atomic mass is 16.5. The van der Waals surface area contributed by atoms with Crippen LogP contribution in [0.15, 0.2) is 35.5 Å². The number of fused-ring (bicyclic) bond motifs is 2. The summed E-state index contributed by atoms with van der Waals surface area (Å²) in [5.74, 6) is 0.676. The van der Waals surface area contributed by atoms with Gasteiger partial charge in [-0.15, -0.1) is 0 Å². The molecule has 1 saturated carbocycles. The molecular weight excluding hydrogens is 386 g/mol. The fraction of sp³-hybridized carbons (Fsp3) is 0.480. The molecule has 0 amide bonds. The Bertz CT molecular complexity index is 1100. The molecule has 3 aliphatic rings. The maximum absolute atomic E-state index is 9.20. The van der Waals surface area contributed by atoms with Crippen molar-refractivity contribution >= 4 is 11.7 Å². The average Bonchev–Trinajstić information content (AvgIpc) is 3.53. The Morgan fingerprint density at radius 3 is 2.94 bits per heavy atom. The molecule has 1 aromatic heterocycles. The minimum absolute atomic E-state index is 0.138. The third-order valence-corrected chi connectivity index (χ3v) is 7.15. The number of aromatic nitrogens is 1. The van der Waals surface area contributed by atoms with Gasteiger partial charge in [-0.25, -0.2) is 4.99 Å². The van der Waals surface area contributed by atoms with Crippen molar-refractivity contribution in [2.24, 2.45) is 22.6 Å². The van der Waals surface area contributed by atoms with Crippen LogP contribution in [-0.2, 0) is 16.7 Å². The van der Waals surface area contributed by atoms with Gasteiger partial charge >= 0.3 is 0 Å². The molecule has 4 atom stereocenters. The lowest BCUT2D eigenvalue weighted by Crippen LogP contribution is -2.41. The van der Waals surface area contributed by atoms with Gasteiger partial charge in [0, 0.05) is 17.8 Å². The van der Waals surface area contributed by atoms with Crippen molar-refractivity contribution in [2.75, 3.05) is 5.32 Å². The van der Waals surface area contributed by atoms with Crippen molar-refractivity contribution in [1.29, 1.82) is 5.26 Å². The molecule has 1 fully saturated rings. The molecule has 0 bridgehead atoms. The van der Waals surface area contributed by atoms with E-state index >= 15 is 0 Å². The molecule has 1 aliphatic heterocycles. The van der Waals surface area contributed by atoms with Crippen LogP contribution in [-0.4, -0.2) is 17.1 Å². The zero-order valence-electron chi connectivity index (χ0n) is 18.4. The van der Waals surface area contributed by atoms with E-state index in [0.717, 1.165) is 37.1 Å². The first-order chi connectivity index (χ1) is 14.9. The summed E-state index contributed by atoms with van der Waals surface area (Å²) in [7, 11) is 0. The minimum Gasteiger partial charge on any atom is -0.462 e. The van der Waals surface area contributed by atoms with Crippen molar-refractivity contribution < 1.29 is 4.74 Å². The lowest BCUT2D eigenvalue weighted by Gasteiger charge is -2.39. The van der Waals surface area contributed by atoms with Crippen LogP contribution in [0, 0.1) is 30.1 Å². The first-order valence-electron chi connectivity index (χ1n) is 11.2. The molecule has 2 aliphatic carbocycles. The quantitative estimate of drug-likeness (QED) is 0.774. The average molecular weight is 416 g/mol. The van der Waals surface area contributed by atoms with Gasteiger partial charge in [0.05, 0.1) is 17.3 Å². The van der Waals surface area contributed by atoms with Crippen LogP contribution >= 0.6 is 0 Å². The number of nitriles is 1. The predicted molar refractivity (Wildman–Crippen MR) is 121 cm³/mol. The van der Waals surface area contributed by atoms with E-state index in [1.807, 2.05) is 6.07 Å². The highest BCUT2D eigenvalue weighted by Crippen LogP contribution is 2.57. The number of hydrogen-bond acceptors (Lipinski definition) is 6. The molecular formula is C25H29N5O. The highest BCUT2D eigenvalue weighted by Gasteiger charge is 2.60. The van der Waals surface area contributed by atoms with E-state index < -0.39 is 0 Å². The lowest BCUT2D eigenvalue weighted by molar-refractivity contribution is 0.161. The summed E-state index contributed by atoms with van der Waals surface area (Å²) in [6.45, 7) is 6.61. The number of nitrogens with one attached hydrogen (secondary N) is 1. The first-order valence-corrected chi connectivity index (χ1v) is 11.2. The zero-order chi connectivity index (χ0) is 21.8. The van der Waals surface area contributed by atoms with E-state index in [4.69, 9.17) is 15.5 Å². The summed E-state index contributed by atoms with van der Waals surface area (Å²) in [6, 6.07) is 11.2. The normalized spacial score (nSPS) is 28.6. The summed E-state index contributed by atoms with van der Waals surface area (Å²) in [6.07, 6.45) is 5.94. The third-order valence-electron chi connectivity index (χ3n) is 7.15. The van der Waals surface area contributed by atoms with Crippen molar-refractivity contribution in [2.45, 2.75) is 64.1 Å². The number of hydrogen-bond donors (Lipinski definition) is 2. The number of ether oxygens (including phenoxy) is 1. The number of benzene rings is 1. The maximum atomic E-state index is 9.20. The summed E-state index contributed by atoms with van der Waals surface area (Å²) in [4.78, 5) is 9.54. The van der Waals surface area contributed by atoms with Gasteiger partial charge in [-0.05, 0) is 73.4 Å². The molecule has 0 unspecified atom stereocenters. The summed E-state index contributed by atoms with van der Waals surface area (Å²) < 4.78 is 5.72. The molecule has 5 rings (SSSR count). The molecule has 160 valence electrons. The molecule has 6 heteroatoms. The van der Waals surface area contributed by atoms with Crippen LogP contribution in [0.5, 0.6) is 0 Å². The number of amidine groups is 1. The standard InChI is InChI=1S/C25H29N5O/c1-14(2)25(20-11-22(20)31-24(27)30-25)19-10-18(8-7-15(19)3)29-21-6-4-5-17-9-16(12-26)13-28-23(17)21/h7-10,13-14,20-22,29H,4-6,11H2,1-3H3,(H2,27,30)/t20-,21-,22+,25+/m0/s1. The molecule has 2 heterocycles. The van der Waals surface area contributed by atoms with Crippen LogP contribution in [0.3, 0.4) is 0 Å². The van der Waals surface area contributed by atoms with E-state index in [-0.39, 0.29) is 17.7 Å². The van der Waals surface area contributed by atoms with Crippen molar-refractivity contribution in [1.82, 2.24) is 4.98 Å². The van der Waals surface area contributed by atoms with Crippen molar-refractivity contribution in [3.8, 4) is 6.07 Å². The number of pyridine rings is 1. The van der Waals surface area contributed by atoms with Crippen LogP contribution in [0.1, 0.15) is 67.1 Å². The second-order valence-corrected chi connectivity index (χ2v) is 9.43. The van der Waals surface area contributed by atoms with E-state index in [1.165, 1.54) is 16.7 Å².